The quantitative estimate of drug-likeness (QED) is 0.555. The Bertz CT molecular complexity index is 1220. The molecular formula is C26H23Cl2FN2O2. The highest BCUT2D eigenvalue weighted by Crippen LogP contribution is 2.58. The predicted molar refractivity (Wildman–Crippen MR) is 128 cm³/mol. The number of fused-ring (bicyclic) bond motifs is 2. The summed E-state index contributed by atoms with van der Waals surface area (Å²) in [4.78, 5) is 27.0. The van der Waals surface area contributed by atoms with Crippen LogP contribution >= 0.6 is 23.2 Å². The molecule has 2 aromatic rings. The van der Waals surface area contributed by atoms with Crippen molar-refractivity contribution in [3.05, 3.63) is 87.2 Å². The van der Waals surface area contributed by atoms with Crippen LogP contribution < -0.4 is 10.6 Å². The number of nitrogens with one attached hydrogen (secondary N) is 2. The van der Waals surface area contributed by atoms with Crippen molar-refractivity contribution in [1.29, 1.82) is 0 Å². The highest BCUT2D eigenvalue weighted by atomic mass is 35.5. The standard InChI is InChI=1S/C26H23Cl2FN2O2/c1-14-5-7-18(29)11-19(14)21-12-24(32)30-13-22(15-3-2-4-16(27)9-15)26(21)20-8-6-17(28)10-23(20)31-25(26)33/h2-10,19,21-22H,11-13H2,1H3,(H,30,32)(H,31,33)/t19?,21-,22+,26-/m1/s1. The Labute approximate surface area is 201 Å². The largest absolute Gasteiger partial charge is 0.355 e. The number of allylic oxidation sites excluding steroid dienone is 4. The molecule has 4 nitrogen and oxygen atoms in total. The average Bonchev–Trinajstić information content (AvgIpc) is 2.95. The van der Waals surface area contributed by atoms with Crippen LogP contribution in [0.15, 0.2) is 66.0 Å². The lowest BCUT2D eigenvalue weighted by molar-refractivity contribution is -0.125. The van der Waals surface area contributed by atoms with E-state index in [1.807, 2.05) is 31.2 Å². The zero-order chi connectivity index (χ0) is 23.3. The van der Waals surface area contributed by atoms with Crippen molar-refractivity contribution < 1.29 is 14.0 Å². The van der Waals surface area contributed by atoms with E-state index >= 15 is 0 Å². The van der Waals surface area contributed by atoms with Gasteiger partial charge in [0.2, 0.25) is 11.8 Å². The maximum Gasteiger partial charge on any atom is 0.236 e. The maximum absolute atomic E-state index is 14.5. The van der Waals surface area contributed by atoms with Crippen molar-refractivity contribution in [3.63, 3.8) is 0 Å². The highest BCUT2D eigenvalue weighted by Gasteiger charge is 2.60. The van der Waals surface area contributed by atoms with Gasteiger partial charge in [-0.2, -0.15) is 0 Å². The molecule has 33 heavy (non-hydrogen) atoms. The van der Waals surface area contributed by atoms with Crippen molar-refractivity contribution in [2.45, 2.75) is 31.1 Å². The van der Waals surface area contributed by atoms with E-state index < -0.39 is 17.3 Å². The zero-order valence-corrected chi connectivity index (χ0v) is 19.5. The van der Waals surface area contributed by atoms with Crippen molar-refractivity contribution in [3.8, 4) is 0 Å². The number of amides is 2. The van der Waals surface area contributed by atoms with Crippen LogP contribution in [0.1, 0.15) is 36.8 Å². The minimum atomic E-state index is -1.11. The normalized spacial score (nSPS) is 29.0. The summed E-state index contributed by atoms with van der Waals surface area (Å²) in [5.74, 6) is -1.79. The summed E-state index contributed by atoms with van der Waals surface area (Å²) >= 11 is 12.6. The molecule has 0 aromatic heterocycles. The van der Waals surface area contributed by atoms with Crippen molar-refractivity contribution >= 4 is 40.7 Å². The third-order valence-corrected chi connectivity index (χ3v) is 7.83. The van der Waals surface area contributed by atoms with Crippen LogP contribution in [-0.2, 0) is 15.0 Å². The molecule has 2 aliphatic heterocycles. The number of carbonyl (C=O) groups excluding carboxylic acids is 2. The van der Waals surface area contributed by atoms with E-state index in [4.69, 9.17) is 23.2 Å². The number of benzene rings is 2. The highest BCUT2D eigenvalue weighted by molar-refractivity contribution is 6.31. The topological polar surface area (TPSA) is 58.2 Å². The zero-order valence-electron chi connectivity index (χ0n) is 18.0. The maximum atomic E-state index is 14.5. The molecule has 1 aliphatic carbocycles. The van der Waals surface area contributed by atoms with Gasteiger partial charge in [-0.25, -0.2) is 4.39 Å². The number of hydrogen-bond donors (Lipinski definition) is 2. The molecular weight excluding hydrogens is 462 g/mol. The van der Waals surface area contributed by atoms with Gasteiger partial charge in [0.25, 0.3) is 0 Å². The summed E-state index contributed by atoms with van der Waals surface area (Å²) < 4.78 is 14.5. The van der Waals surface area contributed by atoms with E-state index in [1.54, 1.807) is 24.3 Å². The van der Waals surface area contributed by atoms with Crippen LogP contribution in [0.3, 0.4) is 0 Å². The molecule has 5 rings (SSSR count). The van der Waals surface area contributed by atoms with Crippen LogP contribution in [0.2, 0.25) is 10.0 Å². The fraction of sp³-hybridized carbons (Fsp3) is 0.308. The van der Waals surface area contributed by atoms with Gasteiger partial charge in [0.15, 0.2) is 0 Å². The average molecular weight is 485 g/mol. The lowest BCUT2D eigenvalue weighted by Gasteiger charge is -2.44. The molecule has 1 spiro atoms. The second-order valence-electron chi connectivity index (χ2n) is 9.07. The van der Waals surface area contributed by atoms with Crippen molar-refractivity contribution in [2.75, 3.05) is 11.9 Å². The molecule has 1 fully saturated rings. The molecule has 0 radical (unpaired) electrons. The van der Waals surface area contributed by atoms with Gasteiger partial charge in [0.1, 0.15) is 5.83 Å². The first kappa shape index (κ1) is 22.2. The summed E-state index contributed by atoms with van der Waals surface area (Å²) in [7, 11) is 0. The Balaban J connectivity index is 1.79. The Morgan fingerprint density at radius 1 is 1.03 bits per heavy atom. The van der Waals surface area contributed by atoms with Gasteiger partial charge in [0.05, 0.1) is 5.41 Å². The van der Waals surface area contributed by atoms with Gasteiger partial charge < -0.3 is 10.6 Å². The second-order valence-corrected chi connectivity index (χ2v) is 9.94. The third kappa shape index (κ3) is 3.58. The van der Waals surface area contributed by atoms with Gasteiger partial charge in [-0.15, -0.1) is 0 Å². The smallest absolute Gasteiger partial charge is 0.236 e. The number of halogens is 3. The molecule has 1 unspecified atom stereocenters. The minimum absolute atomic E-state index is 0.107. The van der Waals surface area contributed by atoms with Crippen LogP contribution in [0.25, 0.3) is 0 Å². The molecule has 4 atom stereocenters. The molecule has 2 heterocycles. The van der Waals surface area contributed by atoms with Crippen molar-refractivity contribution in [1.82, 2.24) is 5.32 Å². The van der Waals surface area contributed by atoms with Gasteiger partial charge in [-0.3, -0.25) is 9.59 Å². The molecule has 2 amide bonds. The summed E-state index contributed by atoms with van der Waals surface area (Å²) in [5, 5.41) is 7.09. The molecule has 2 aromatic carbocycles. The lowest BCUT2D eigenvalue weighted by atomic mass is 9.56. The van der Waals surface area contributed by atoms with E-state index in [2.05, 4.69) is 10.6 Å². The second kappa shape index (κ2) is 8.30. The summed E-state index contributed by atoms with van der Waals surface area (Å²) in [6.45, 7) is 2.20. The van der Waals surface area contributed by atoms with Gasteiger partial charge in [-0.1, -0.05) is 53.1 Å². The summed E-state index contributed by atoms with van der Waals surface area (Å²) in [6, 6.07) is 12.8. The first-order chi connectivity index (χ1) is 15.8. The van der Waals surface area contributed by atoms with Crippen LogP contribution in [0.5, 0.6) is 0 Å². The molecule has 2 N–H and O–H groups in total. The van der Waals surface area contributed by atoms with E-state index in [0.717, 1.165) is 16.7 Å². The molecule has 0 bridgehead atoms. The van der Waals surface area contributed by atoms with Gasteiger partial charge >= 0.3 is 0 Å². The summed E-state index contributed by atoms with van der Waals surface area (Å²) in [5.41, 5.74) is 2.11. The SMILES string of the molecule is CC1=CC=C(F)CC1[C@H]1CC(=O)NC[C@@H](c2cccc(Cl)c2)[C@]12C(=O)Nc1cc(Cl)ccc12. The molecule has 0 saturated carbocycles. The number of carbonyl (C=O) groups is 2. The van der Waals surface area contributed by atoms with E-state index in [1.165, 1.54) is 6.08 Å². The van der Waals surface area contributed by atoms with Crippen molar-refractivity contribution in [2.24, 2.45) is 11.8 Å². The number of anilines is 1. The first-order valence-corrected chi connectivity index (χ1v) is 11.7. The molecule has 7 heteroatoms. The van der Waals surface area contributed by atoms with Crippen LogP contribution in [-0.4, -0.2) is 18.4 Å². The third-order valence-electron chi connectivity index (χ3n) is 7.36. The van der Waals surface area contributed by atoms with Gasteiger partial charge in [-0.05, 0) is 60.2 Å². The van der Waals surface area contributed by atoms with Crippen LogP contribution in [0, 0.1) is 11.8 Å². The minimum Gasteiger partial charge on any atom is -0.355 e. The Hall–Kier alpha value is -2.63. The molecule has 3 aliphatic rings. The number of rotatable bonds is 2. The Morgan fingerprint density at radius 2 is 1.82 bits per heavy atom. The Kier molecular flexibility index (Phi) is 5.58. The van der Waals surface area contributed by atoms with E-state index in [9.17, 15) is 14.0 Å². The first-order valence-electron chi connectivity index (χ1n) is 11.0. The molecule has 170 valence electrons. The van der Waals surface area contributed by atoms with Gasteiger partial charge in [0, 0.05) is 41.0 Å². The lowest BCUT2D eigenvalue weighted by Crippen LogP contribution is -2.50. The predicted octanol–water partition coefficient (Wildman–Crippen LogP) is 5.92. The summed E-state index contributed by atoms with van der Waals surface area (Å²) in [6.07, 6.45) is 3.48. The van der Waals surface area contributed by atoms with Crippen LogP contribution in [0.4, 0.5) is 10.1 Å². The van der Waals surface area contributed by atoms with E-state index in [-0.39, 0.29) is 42.9 Å². The Morgan fingerprint density at radius 3 is 2.61 bits per heavy atom. The fourth-order valence-corrected chi connectivity index (χ4v) is 6.29. The monoisotopic (exact) mass is 484 g/mol. The van der Waals surface area contributed by atoms with E-state index in [0.29, 0.717) is 15.7 Å². The fourth-order valence-electron chi connectivity index (χ4n) is 5.92. The number of hydrogen-bond acceptors (Lipinski definition) is 2. The molecule has 1 saturated heterocycles.